The Hall–Kier alpha value is -3.09. The Morgan fingerprint density at radius 2 is 1.48 bits per heavy atom. The fourth-order valence-corrected chi connectivity index (χ4v) is 3.05. The monoisotopic (exact) mass is 372 g/mol. The lowest BCUT2D eigenvalue weighted by atomic mass is 10.1. The molecule has 3 rings (SSSR count). The number of urea groups is 1. The Morgan fingerprint density at radius 1 is 0.889 bits per heavy atom. The number of nitrogens with one attached hydrogen (secondary N) is 2. The van der Waals surface area contributed by atoms with Gasteiger partial charge in [0.1, 0.15) is 5.75 Å². The standard InChI is InChI=1S/C20H24N2O5/c1-24-15-7-5-13(6-8-15)20(9-10-20)22-19(23)21-14-11-16(25-2)18(27-4)17(12-14)26-3/h5-8,11-12H,9-10H2,1-4H3,(H2,21,22,23). The number of hydrogen-bond acceptors (Lipinski definition) is 5. The third-order valence-corrected chi connectivity index (χ3v) is 4.67. The number of rotatable bonds is 7. The lowest BCUT2D eigenvalue weighted by Gasteiger charge is -2.20. The largest absolute Gasteiger partial charge is 0.497 e. The third kappa shape index (κ3) is 3.86. The predicted molar refractivity (Wildman–Crippen MR) is 102 cm³/mol. The van der Waals surface area contributed by atoms with Gasteiger partial charge in [0.15, 0.2) is 11.5 Å². The van der Waals surface area contributed by atoms with Crippen LogP contribution in [0.5, 0.6) is 23.0 Å². The molecule has 7 nitrogen and oxygen atoms in total. The average molecular weight is 372 g/mol. The minimum Gasteiger partial charge on any atom is -0.497 e. The molecule has 0 heterocycles. The molecule has 1 fully saturated rings. The normalized spacial score (nSPS) is 14.1. The van der Waals surface area contributed by atoms with Gasteiger partial charge < -0.3 is 29.6 Å². The van der Waals surface area contributed by atoms with Crippen LogP contribution in [0.3, 0.4) is 0 Å². The quantitative estimate of drug-likeness (QED) is 0.777. The maximum absolute atomic E-state index is 12.6. The molecule has 0 spiro atoms. The van der Waals surface area contributed by atoms with Gasteiger partial charge >= 0.3 is 6.03 Å². The smallest absolute Gasteiger partial charge is 0.319 e. The van der Waals surface area contributed by atoms with E-state index in [-0.39, 0.29) is 11.6 Å². The molecule has 2 amide bonds. The molecule has 0 unspecified atom stereocenters. The minimum atomic E-state index is -0.336. The molecular formula is C20H24N2O5. The van der Waals surface area contributed by atoms with E-state index >= 15 is 0 Å². The van der Waals surface area contributed by atoms with Crippen LogP contribution in [0, 0.1) is 0 Å². The topological polar surface area (TPSA) is 78.1 Å². The highest BCUT2D eigenvalue weighted by Gasteiger charge is 2.45. The van der Waals surface area contributed by atoms with Crippen molar-refractivity contribution in [2.75, 3.05) is 33.8 Å². The van der Waals surface area contributed by atoms with E-state index in [4.69, 9.17) is 18.9 Å². The molecule has 1 aliphatic rings. The second-order valence-electron chi connectivity index (χ2n) is 6.30. The van der Waals surface area contributed by atoms with Crippen molar-refractivity contribution in [1.29, 1.82) is 0 Å². The van der Waals surface area contributed by atoms with Crippen molar-refractivity contribution in [1.82, 2.24) is 5.32 Å². The molecule has 0 bridgehead atoms. The van der Waals surface area contributed by atoms with Gasteiger partial charge in [-0.05, 0) is 30.5 Å². The fraction of sp³-hybridized carbons (Fsp3) is 0.350. The summed E-state index contributed by atoms with van der Waals surface area (Å²) in [6, 6.07) is 10.8. The number of methoxy groups -OCH3 is 4. The summed E-state index contributed by atoms with van der Waals surface area (Å²) in [5, 5.41) is 5.91. The molecule has 0 radical (unpaired) electrons. The minimum absolute atomic E-state index is 0.294. The van der Waals surface area contributed by atoms with Crippen LogP contribution in [-0.4, -0.2) is 34.5 Å². The second-order valence-corrected chi connectivity index (χ2v) is 6.30. The van der Waals surface area contributed by atoms with Gasteiger partial charge in [0.2, 0.25) is 5.75 Å². The van der Waals surface area contributed by atoms with Crippen molar-refractivity contribution < 1.29 is 23.7 Å². The average Bonchev–Trinajstić information content (AvgIpc) is 3.47. The van der Waals surface area contributed by atoms with Crippen molar-refractivity contribution in [2.24, 2.45) is 0 Å². The molecule has 27 heavy (non-hydrogen) atoms. The van der Waals surface area contributed by atoms with Gasteiger partial charge in [-0.3, -0.25) is 0 Å². The maximum Gasteiger partial charge on any atom is 0.319 e. The molecule has 2 aromatic carbocycles. The molecule has 0 atom stereocenters. The van der Waals surface area contributed by atoms with Crippen LogP contribution in [0.4, 0.5) is 10.5 Å². The summed E-state index contributed by atoms with van der Waals surface area (Å²) in [5.74, 6) is 2.21. The van der Waals surface area contributed by atoms with Gasteiger partial charge in [-0.25, -0.2) is 4.79 Å². The van der Waals surface area contributed by atoms with E-state index in [1.165, 1.54) is 21.3 Å². The zero-order valence-electron chi connectivity index (χ0n) is 15.9. The lowest BCUT2D eigenvalue weighted by Crippen LogP contribution is -2.38. The number of anilines is 1. The molecule has 1 saturated carbocycles. The Bertz CT molecular complexity index is 791. The summed E-state index contributed by atoms with van der Waals surface area (Å²) in [7, 11) is 6.23. The van der Waals surface area contributed by atoms with E-state index in [1.54, 1.807) is 19.2 Å². The molecule has 0 aliphatic heterocycles. The van der Waals surface area contributed by atoms with Gasteiger partial charge in [0.25, 0.3) is 0 Å². The Kier molecular flexibility index (Phi) is 5.30. The molecule has 144 valence electrons. The Morgan fingerprint density at radius 3 is 1.93 bits per heavy atom. The van der Waals surface area contributed by atoms with E-state index in [9.17, 15) is 4.79 Å². The van der Waals surface area contributed by atoms with Gasteiger partial charge in [-0.1, -0.05) is 12.1 Å². The Balaban J connectivity index is 1.74. The molecular weight excluding hydrogens is 348 g/mol. The summed E-state index contributed by atoms with van der Waals surface area (Å²) in [4.78, 5) is 12.6. The summed E-state index contributed by atoms with van der Waals surface area (Å²) in [5.41, 5.74) is 1.27. The zero-order chi connectivity index (χ0) is 19.4. The first-order valence-corrected chi connectivity index (χ1v) is 8.59. The predicted octanol–water partition coefficient (Wildman–Crippen LogP) is 3.53. The molecule has 2 aromatic rings. The highest BCUT2D eigenvalue weighted by molar-refractivity contribution is 5.91. The number of ether oxygens (including phenoxy) is 4. The van der Waals surface area contributed by atoms with Crippen molar-refractivity contribution in [3.05, 3.63) is 42.0 Å². The van der Waals surface area contributed by atoms with E-state index in [0.717, 1.165) is 24.2 Å². The van der Waals surface area contributed by atoms with Gasteiger partial charge in [-0.2, -0.15) is 0 Å². The van der Waals surface area contributed by atoms with Crippen molar-refractivity contribution in [3.63, 3.8) is 0 Å². The molecule has 0 aromatic heterocycles. The van der Waals surface area contributed by atoms with E-state index in [0.29, 0.717) is 22.9 Å². The fourth-order valence-electron chi connectivity index (χ4n) is 3.05. The highest BCUT2D eigenvalue weighted by atomic mass is 16.5. The summed E-state index contributed by atoms with van der Waals surface area (Å²) in [6.45, 7) is 0. The number of hydrogen-bond donors (Lipinski definition) is 2. The van der Waals surface area contributed by atoms with Gasteiger partial charge in [0, 0.05) is 12.1 Å². The number of amides is 2. The van der Waals surface area contributed by atoms with E-state index < -0.39 is 0 Å². The molecule has 0 saturated heterocycles. The third-order valence-electron chi connectivity index (χ3n) is 4.67. The van der Waals surface area contributed by atoms with Crippen LogP contribution in [0.2, 0.25) is 0 Å². The van der Waals surface area contributed by atoms with Crippen molar-refractivity contribution in [3.8, 4) is 23.0 Å². The number of carbonyl (C=O) groups excluding carboxylic acids is 1. The van der Waals surface area contributed by atoms with E-state index in [2.05, 4.69) is 10.6 Å². The van der Waals surface area contributed by atoms with Crippen LogP contribution in [0.25, 0.3) is 0 Å². The van der Waals surface area contributed by atoms with Crippen LogP contribution in [0.1, 0.15) is 18.4 Å². The molecule has 1 aliphatic carbocycles. The van der Waals surface area contributed by atoms with Gasteiger partial charge in [0.05, 0.1) is 39.7 Å². The van der Waals surface area contributed by atoms with Gasteiger partial charge in [-0.15, -0.1) is 0 Å². The van der Waals surface area contributed by atoms with E-state index in [1.807, 2.05) is 24.3 Å². The summed E-state index contributed by atoms with van der Waals surface area (Å²) < 4.78 is 21.1. The summed E-state index contributed by atoms with van der Waals surface area (Å²) in [6.07, 6.45) is 1.78. The van der Waals surface area contributed by atoms with Crippen molar-refractivity contribution in [2.45, 2.75) is 18.4 Å². The first kappa shape index (κ1) is 18.7. The summed E-state index contributed by atoms with van der Waals surface area (Å²) >= 11 is 0. The zero-order valence-corrected chi connectivity index (χ0v) is 15.9. The SMILES string of the molecule is COc1ccc(C2(NC(=O)Nc3cc(OC)c(OC)c(OC)c3)CC2)cc1. The lowest BCUT2D eigenvalue weighted by molar-refractivity contribution is 0.247. The van der Waals surface area contributed by atoms with Crippen LogP contribution < -0.4 is 29.6 Å². The van der Waals surface area contributed by atoms with Crippen LogP contribution >= 0.6 is 0 Å². The number of carbonyl (C=O) groups is 1. The Labute approximate surface area is 158 Å². The first-order valence-electron chi connectivity index (χ1n) is 8.59. The van der Waals surface area contributed by atoms with Crippen LogP contribution in [0.15, 0.2) is 36.4 Å². The molecule has 2 N–H and O–H groups in total. The second kappa shape index (κ2) is 7.65. The first-order chi connectivity index (χ1) is 13.0. The maximum atomic E-state index is 12.6. The van der Waals surface area contributed by atoms with Crippen molar-refractivity contribution >= 4 is 11.7 Å². The number of benzene rings is 2. The molecule has 7 heteroatoms. The highest BCUT2D eigenvalue weighted by Crippen LogP contribution is 2.46. The van der Waals surface area contributed by atoms with Crippen LogP contribution in [-0.2, 0) is 5.54 Å².